The van der Waals surface area contributed by atoms with Gasteiger partial charge in [-0.1, -0.05) is 32.0 Å². The first-order chi connectivity index (χ1) is 10.0. The molecule has 1 amide bonds. The van der Waals surface area contributed by atoms with E-state index >= 15 is 0 Å². The Kier molecular flexibility index (Phi) is 12.2. The summed E-state index contributed by atoms with van der Waals surface area (Å²) in [6, 6.07) is 10.2. The van der Waals surface area contributed by atoms with Crippen LogP contribution in [0.15, 0.2) is 30.3 Å². The van der Waals surface area contributed by atoms with Crippen molar-refractivity contribution in [3.05, 3.63) is 30.3 Å². The summed E-state index contributed by atoms with van der Waals surface area (Å²) in [5.74, 6) is 0.163. The molecule has 1 rings (SSSR count). The Labute approximate surface area is 153 Å². The molecule has 0 aliphatic carbocycles. The summed E-state index contributed by atoms with van der Waals surface area (Å²) in [4.78, 5) is 16.6. The number of nitrogens with two attached hydrogens (primary N) is 1. The molecule has 0 aliphatic rings. The van der Waals surface area contributed by atoms with Gasteiger partial charge in [0.15, 0.2) is 0 Å². The van der Waals surface area contributed by atoms with Gasteiger partial charge in [0.2, 0.25) is 5.91 Å². The third-order valence-corrected chi connectivity index (χ3v) is 4.51. The highest BCUT2D eigenvalue weighted by molar-refractivity contribution is 5.85. The number of rotatable bonds is 8. The van der Waals surface area contributed by atoms with Gasteiger partial charge in [0.25, 0.3) is 0 Å². The van der Waals surface area contributed by atoms with Crippen molar-refractivity contribution in [3.63, 3.8) is 0 Å². The van der Waals surface area contributed by atoms with Crippen LogP contribution in [0.1, 0.15) is 26.7 Å². The maximum Gasteiger partial charge on any atom is 0.229 e. The molecule has 0 atom stereocenters. The average Bonchev–Trinajstić information content (AvgIpc) is 2.55. The fraction of sp³-hybridized carbons (Fsp3) is 0.588. The molecule has 0 aliphatic heterocycles. The third kappa shape index (κ3) is 6.21. The van der Waals surface area contributed by atoms with E-state index < -0.39 is 5.41 Å². The average molecular weight is 364 g/mol. The summed E-state index contributed by atoms with van der Waals surface area (Å²) in [7, 11) is 3.92. The number of carbonyl (C=O) groups is 1. The number of amides is 1. The minimum absolute atomic E-state index is 0. The van der Waals surface area contributed by atoms with Crippen molar-refractivity contribution in [1.29, 1.82) is 0 Å². The second-order valence-electron chi connectivity index (χ2n) is 5.68. The van der Waals surface area contributed by atoms with Crippen molar-refractivity contribution in [2.45, 2.75) is 26.7 Å². The van der Waals surface area contributed by atoms with Crippen molar-refractivity contribution < 1.29 is 4.79 Å². The van der Waals surface area contributed by atoms with E-state index in [0.29, 0.717) is 13.1 Å². The van der Waals surface area contributed by atoms with Gasteiger partial charge < -0.3 is 15.5 Å². The van der Waals surface area contributed by atoms with E-state index in [4.69, 9.17) is 5.73 Å². The Bertz CT molecular complexity index is 430. The summed E-state index contributed by atoms with van der Waals surface area (Å²) in [5, 5.41) is 0. The number of hydrogen-bond acceptors (Lipinski definition) is 3. The van der Waals surface area contributed by atoms with E-state index in [1.165, 1.54) is 0 Å². The van der Waals surface area contributed by atoms with Gasteiger partial charge in [0.1, 0.15) is 0 Å². The number of hydrogen-bond donors (Lipinski definition) is 1. The Morgan fingerprint density at radius 1 is 1.04 bits per heavy atom. The number of anilines is 1. The van der Waals surface area contributed by atoms with Gasteiger partial charge in [0.05, 0.1) is 5.41 Å². The molecule has 1 aromatic rings. The SMILES string of the molecule is CCC(CC)(CN)C(=O)N(C)CCN(C)c1ccccc1.Cl.Cl. The van der Waals surface area contributed by atoms with Crippen LogP contribution in [0.25, 0.3) is 0 Å². The van der Waals surface area contributed by atoms with Crippen LogP contribution in [0.4, 0.5) is 5.69 Å². The van der Waals surface area contributed by atoms with Crippen LogP contribution >= 0.6 is 24.8 Å². The van der Waals surface area contributed by atoms with E-state index in [9.17, 15) is 4.79 Å². The van der Waals surface area contributed by atoms with Crippen molar-refractivity contribution in [1.82, 2.24) is 4.90 Å². The van der Waals surface area contributed by atoms with Crippen molar-refractivity contribution >= 4 is 36.4 Å². The van der Waals surface area contributed by atoms with E-state index in [1.807, 2.05) is 51.0 Å². The van der Waals surface area contributed by atoms with E-state index in [0.717, 1.165) is 25.1 Å². The summed E-state index contributed by atoms with van der Waals surface area (Å²) >= 11 is 0. The van der Waals surface area contributed by atoms with Crippen LogP contribution < -0.4 is 10.6 Å². The third-order valence-electron chi connectivity index (χ3n) is 4.51. The number of benzene rings is 1. The maximum absolute atomic E-state index is 12.6. The Morgan fingerprint density at radius 2 is 1.57 bits per heavy atom. The van der Waals surface area contributed by atoms with Gasteiger partial charge in [-0.15, -0.1) is 24.8 Å². The molecule has 4 nitrogen and oxygen atoms in total. The van der Waals surface area contributed by atoms with Gasteiger partial charge in [0, 0.05) is 39.4 Å². The highest BCUT2D eigenvalue weighted by Gasteiger charge is 2.35. The molecule has 0 heterocycles. The lowest BCUT2D eigenvalue weighted by molar-refractivity contribution is -0.140. The standard InChI is InChI=1S/C17H29N3O.2ClH/c1-5-17(6-2,14-18)16(21)20(4)13-12-19(3)15-10-8-7-9-11-15;;/h7-11H,5-6,12-14,18H2,1-4H3;2*1H. The summed E-state index contributed by atoms with van der Waals surface area (Å²) in [6.07, 6.45) is 1.58. The van der Waals surface area contributed by atoms with Gasteiger partial charge >= 0.3 is 0 Å². The van der Waals surface area contributed by atoms with Crippen LogP contribution in [0, 0.1) is 5.41 Å². The zero-order chi connectivity index (χ0) is 15.9. The predicted molar refractivity (Wildman–Crippen MR) is 104 cm³/mol. The maximum atomic E-state index is 12.6. The summed E-state index contributed by atoms with van der Waals surface area (Å²) < 4.78 is 0. The van der Waals surface area contributed by atoms with E-state index in [-0.39, 0.29) is 30.7 Å². The Hall–Kier alpha value is -0.970. The topological polar surface area (TPSA) is 49.6 Å². The number of likely N-dealkylation sites (N-methyl/N-ethyl adjacent to an activating group) is 2. The lowest BCUT2D eigenvalue weighted by Gasteiger charge is -2.34. The molecule has 0 fully saturated rings. The molecule has 134 valence electrons. The molecule has 6 heteroatoms. The number of para-hydroxylation sites is 1. The van der Waals surface area contributed by atoms with E-state index in [2.05, 4.69) is 17.0 Å². The Morgan fingerprint density at radius 3 is 2.00 bits per heavy atom. The molecule has 0 aromatic heterocycles. The molecular weight excluding hydrogens is 333 g/mol. The molecule has 0 radical (unpaired) electrons. The van der Waals surface area contributed by atoms with Crippen LogP contribution in [0.5, 0.6) is 0 Å². The lowest BCUT2D eigenvalue weighted by atomic mass is 9.81. The zero-order valence-corrected chi connectivity index (χ0v) is 16.3. The molecule has 0 unspecified atom stereocenters. The Balaban J connectivity index is 0. The smallest absolute Gasteiger partial charge is 0.229 e. The second-order valence-corrected chi connectivity index (χ2v) is 5.68. The van der Waals surface area contributed by atoms with Gasteiger partial charge in [-0.2, -0.15) is 0 Å². The van der Waals surface area contributed by atoms with Crippen LogP contribution in [0.3, 0.4) is 0 Å². The lowest BCUT2D eigenvalue weighted by Crippen LogP contribution is -2.47. The fourth-order valence-corrected chi connectivity index (χ4v) is 2.55. The minimum Gasteiger partial charge on any atom is -0.373 e. The first-order valence-electron chi connectivity index (χ1n) is 7.72. The minimum atomic E-state index is -0.403. The molecule has 1 aromatic carbocycles. The highest BCUT2D eigenvalue weighted by Crippen LogP contribution is 2.27. The largest absolute Gasteiger partial charge is 0.373 e. The van der Waals surface area contributed by atoms with Gasteiger partial charge in [-0.25, -0.2) is 0 Å². The molecule has 0 bridgehead atoms. The van der Waals surface area contributed by atoms with Crippen LogP contribution in [-0.4, -0.2) is 44.5 Å². The molecule has 0 saturated heterocycles. The number of carbonyl (C=O) groups excluding carboxylic acids is 1. The molecule has 0 saturated carbocycles. The predicted octanol–water partition coefficient (Wildman–Crippen LogP) is 3.19. The highest BCUT2D eigenvalue weighted by atomic mass is 35.5. The molecule has 2 N–H and O–H groups in total. The second kappa shape index (κ2) is 11.5. The molecular formula is C17H31Cl2N3O. The van der Waals surface area contributed by atoms with Crippen LogP contribution in [-0.2, 0) is 4.79 Å². The summed E-state index contributed by atoms with van der Waals surface area (Å²) in [6.45, 7) is 6.00. The van der Waals surface area contributed by atoms with Crippen molar-refractivity contribution in [2.24, 2.45) is 11.1 Å². The zero-order valence-electron chi connectivity index (χ0n) is 14.6. The normalized spacial score (nSPS) is 10.3. The van der Waals surface area contributed by atoms with Gasteiger partial charge in [-0.05, 0) is 25.0 Å². The molecule has 0 spiro atoms. The first kappa shape index (κ1) is 24.3. The van der Waals surface area contributed by atoms with Crippen molar-refractivity contribution in [2.75, 3.05) is 38.6 Å². The van der Waals surface area contributed by atoms with Gasteiger partial charge in [-0.3, -0.25) is 4.79 Å². The first-order valence-corrected chi connectivity index (χ1v) is 7.72. The number of halogens is 2. The molecule has 23 heavy (non-hydrogen) atoms. The van der Waals surface area contributed by atoms with Crippen LogP contribution in [0.2, 0.25) is 0 Å². The number of nitrogens with zero attached hydrogens (tertiary/aromatic N) is 2. The fourth-order valence-electron chi connectivity index (χ4n) is 2.55. The van der Waals surface area contributed by atoms with E-state index in [1.54, 1.807) is 0 Å². The van der Waals surface area contributed by atoms with Crippen molar-refractivity contribution in [3.8, 4) is 0 Å². The summed E-state index contributed by atoms with van der Waals surface area (Å²) in [5.41, 5.74) is 6.62. The quantitative estimate of drug-likeness (QED) is 0.771. The monoisotopic (exact) mass is 363 g/mol.